The predicted molar refractivity (Wildman–Crippen MR) is 79.6 cm³/mol. The second-order valence-electron chi connectivity index (χ2n) is 4.65. The Morgan fingerprint density at radius 3 is 2.80 bits per heavy atom. The summed E-state index contributed by atoms with van der Waals surface area (Å²) >= 11 is 0. The van der Waals surface area contributed by atoms with Gasteiger partial charge < -0.3 is 10.1 Å². The molecule has 3 aromatic rings. The van der Waals surface area contributed by atoms with Gasteiger partial charge in [0.2, 0.25) is 0 Å². The van der Waals surface area contributed by atoms with Gasteiger partial charge in [0.05, 0.1) is 7.11 Å². The highest BCUT2D eigenvalue weighted by Crippen LogP contribution is 2.27. The molecule has 20 heavy (non-hydrogen) atoms. The maximum absolute atomic E-state index is 5.48. The highest BCUT2D eigenvalue weighted by Gasteiger charge is 2.07. The van der Waals surface area contributed by atoms with Gasteiger partial charge in [0.15, 0.2) is 0 Å². The van der Waals surface area contributed by atoms with Crippen LogP contribution in [-0.4, -0.2) is 17.3 Å². The quantitative estimate of drug-likeness (QED) is 0.747. The Morgan fingerprint density at radius 2 is 2.00 bits per heavy atom. The fourth-order valence-corrected chi connectivity index (χ4v) is 2.39. The topological polar surface area (TPSA) is 49.9 Å². The van der Waals surface area contributed by atoms with Crippen LogP contribution in [0, 0.1) is 0 Å². The van der Waals surface area contributed by atoms with E-state index in [4.69, 9.17) is 4.74 Å². The van der Waals surface area contributed by atoms with E-state index >= 15 is 0 Å². The van der Waals surface area contributed by atoms with Crippen LogP contribution in [0.5, 0.6) is 5.75 Å². The van der Waals surface area contributed by atoms with Gasteiger partial charge in [0.25, 0.3) is 0 Å². The maximum atomic E-state index is 5.48. The summed E-state index contributed by atoms with van der Waals surface area (Å²) in [4.78, 5) is 0. The number of methoxy groups -OCH3 is 1. The Labute approximate surface area is 117 Å². The van der Waals surface area contributed by atoms with E-state index in [1.54, 1.807) is 13.3 Å². The Bertz CT molecular complexity index is 692. The average molecular weight is 267 g/mol. The van der Waals surface area contributed by atoms with Crippen molar-refractivity contribution in [2.75, 3.05) is 7.11 Å². The Morgan fingerprint density at radius 1 is 1.10 bits per heavy atom. The largest absolute Gasteiger partial charge is 0.496 e. The SMILES string of the molecule is COc1ccc2ccccc2c1CNCc1ccn[nH]1. The van der Waals surface area contributed by atoms with Crippen LogP contribution in [0.25, 0.3) is 10.8 Å². The minimum Gasteiger partial charge on any atom is -0.496 e. The van der Waals surface area contributed by atoms with Crippen molar-refractivity contribution in [3.63, 3.8) is 0 Å². The highest BCUT2D eigenvalue weighted by atomic mass is 16.5. The molecule has 4 nitrogen and oxygen atoms in total. The molecule has 0 aliphatic heterocycles. The number of ether oxygens (including phenoxy) is 1. The number of aromatic nitrogens is 2. The molecule has 0 radical (unpaired) electrons. The van der Waals surface area contributed by atoms with Crippen LogP contribution in [0.3, 0.4) is 0 Å². The van der Waals surface area contributed by atoms with Crippen molar-refractivity contribution in [1.29, 1.82) is 0 Å². The van der Waals surface area contributed by atoms with Crippen molar-refractivity contribution in [3.8, 4) is 5.75 Å². The molecule has 1 aromatic heterocycles. The lowest BCUT2D eigenvalue weighted by Crippen LogP contribution is -2.14. The predicted octanol–water partition coefficient (Wildman–Crippen LogP) is 2.86. The number of fused-ring (bicyclic) bond motifs is 1. The third-order valence-corrected chi connectivity index (χ3v) is 3.39. The lowest BCUT2D eigenvalue weighted by atomic mass is 10.0. The first-order valence-corrected chi connectivity index (χ1v) is 6.62. The first-order valence-electron chi connectivity index (χ1n) is 6.62. The zero-order chi connectivity index (χ0) is 13.8. The van der Waals surface area contributed by atoms with Crippen LogP contribution in [0.1, 0.15) is 11.3 Å². The summed E-state index contributed by atoms with van der Waals surface area (Å²) in [6.45, 7) is 1.51. The number of hydrogen-bond donors (Lipinski definition) is 2. The van der Waals surface area contributed by atoms with Gasteiger partial charge in [-0.15, -0.1) is 0 Å². The van der Waals surface area contributed by atoms with Gasteiger partial charge in [-0.3, -0.25) is 5.10 Å². The monoisotopic (exact) mass is 267 g/mol. The minimum absolute atomic E-state index is 0.754. The molecule has 0 spiro atoms. The molecule has 0 atom stereocenters. The van der Waals surface area contributed by atoms with Gasteiger partial charge in [-0.25, -0.2) is 0 Å². The molecule has 2 N–H and O–H groups in total. The summed E-state index contributed by atoms with van der Waals surface area (Å²) in [6, 6.07) is 14.4. The van der Waals surface area contributed by atoms with Gasteiger partial charge in [-0.2, -0.15) is 5.10 Å². The smallest absolute Gasteiger partial charge is 0.123 e. The van der Waals surface area contributed by atoms with Gasteiger partial charge in [0.1, 0.15) is 5.75 Å². The van der Waals surface area contributed by atoms with Crippen molar-refractivity contribution in [2.24, 2.45) is 0 Å². The zero-order valence-corrected chi connectivity index (χ0v) is 11.4. The standard InChI is InChI=1S/C16H17N3O/c1-20-16-7-6-12-4-2-3-5-14(12)15(16)11-17-10-13-8-9-18-19-13/h2-9,17H,10-11H2,1H3,(H,18,19). The number of nitrogens with zero attached hydrogens (tertiary/aromatic N) is 1. The van der Waals surface area contributed by atoms with Crippen molar-refractivity contribution in [1.82, 2.24) is 15.5 Å². The van der Waals surface area contributed by atoms with E-state index in [1.807, 2.05) is 12.1 Å². The lowest BCUT2D eigenvalue weighted by Gasteiger charge is -2.12. The van der Waals surface area contributed by atoms with Gasteiger partial charge in [-0.1, -0.05) is 30.3 Å². The van der Waals surface area contributed by atoms with E-state index in [1.165, 1.54) is 16.3 Å². The van der Waals surface area contributed by atoms with Crippen LogP contribution in [-0.2, 0) is 13.1 Å². The van der Waals surface area contributed by atoms with E-state index in [0.717, 1.165) is 24.5 Å². The molecule has 0 aliphatic carbocycles. The normalized spacial score (nSPS) is 10.8. The second-order valence-corrected chi connectivity index (χ2v) is 4.65. The van der Waals surface area contributed by atoms with Crippen LogP contribution in [0.4, 0.5) is 0 Å². The van der Waals surface area contributed by atoms with Crippen LogP contribution in [0.15, 0.2) is 48.7 Å². The van der Waals surface area contributed by atoms with Crippen LogP contribution >= 0.6 is 0 Å². The first-order chi connectivity index (χ1) is 9.88. The molecular formula is C16H17N3O. The summed E-state index contributed by atoms with van der Waals surface area (Å²) in [5.74, 6) is 0.917. The van der Waals surface area contributed by atoms with Gasteiger partial charge >= 0.3 is 0 Å². The number of hydrogen-bond acceptors (Lipinski definition) is 3. The number of rotatable bonds is 5. The first kappa shape index (κ1) is 12.7. The minimum atomic E-state index is 0.754. The number of benzene rings is 2. The van der Waals surface area contributed by atoms with E-state index in [9.17, 15) is 0 Å². The molecule has 0 amide bonds. The molecule has 1 heterocycles. The second kappa shape index (κ2) is 5.75. The Balaban J connectivity index is 1.85. The van der Waals surface area contributed by atoms with Crippen molar-refractivity contribution in [2.45, 2.75) is 13.1 Å². The molecule has 0 saturated carbocycles. The molecule has 0 unspecified atom stereocenters. The van der Waals surface area contributed by atoms with Gasteiger partial charge in [0, 0.05) is 30.5 Å². The average Bonchev–Trinajstić information content (AvgIpc) is 3.00. The highest BCUT2D eigenvalue weighted by molar-refractivity contribution is 5.87. The summed E-state index contributed by atoms with van der Waals surface area (Å²) in [5, 5.41) is 12.8. The Kier molecular flexibility index (Phi) is 3.65. The van der Waals surface area contributed by atoms with Gasteiger partial charge in [-0.05, 0) is 22.9 Å². The molecule has 0 fully saturated rings. The third kappa shape index (κ3) is 2.51. The fraction of sp³-hybridized carbons (Fsp3) is 0.188. The Hall–Kier alpha value is -2.33. The van der Waals surface area contributed by atoms with E-state index in [0.29, 0.717) is 0 Å². The van der Waals surface area contributed by atoms with E-state index in [-0.39, 0.29) is 0 Å². The van der Waals surface area contributed by atoms with Crippen LogP contribution < -0.4 is 10.1 Å². The number of H-pyrrole nitrogens is 1. The molecule has 3 rings (SSSR count). The van der Waals surface area contributed by atoms with E-state index < -0.39 is 0 Å². The molecule has 0 aliphatic rings. The third-order valence-electron chi connectivity index (χ3n) is 3.39. The van der Waals surface area contributed by atoms with E-state index in [2.05, 4.69) is 45.8 Å². The molecule has 0 saturated heterocycles. The molecular weight excluding hydrogens is 250 g/mol. The number of aromatic amines is 1. The zero-order valence-electron chi connectivity index (χ0n) is 11.4. The molecule has 102 valence electrons. The van der Waals surface area contributed by atoms with Crippen molar-refractivity contribution < 1.29 is 4.74 Å². The molecule has 4 heteroatoms. The summed E-state index contributed by atoms with van der Waals surface area (Å²) in [5.41, 5.74) is 2.26. The number of nitrogens with one attached hydrogen (secondary N) is 2. The summed E-state index contributed by atoms with van der Waals surface area (Å²) in [7, 11) is 1.71. The molecule has 0 bridgehead atoms. The fourth-order valence-electron chi connectivity index (χ4n) is 2.39. The lowest BCUT2D eigenvalue weighted by molar-refractivity contribution is 0.408. The summed E-state index contributed by atoms with van der Waals surface area (Å²) < 4.78 is 5.48. The van der Waals surface area contributed by atoms with Crippen molar-refractivity contribution in [3.05, 3.63) is 59.9 Å². The van der Waals surface area contributed by atoms with Crippen molar-refractivity contribution >= 4 is 10.8 Å². The summed E-state index contributed by atoms with van der Waals surface area (Å²) in [6.07, 6.45) is 1.76. The maximum Gasteiger partial charge on any atom is 0.123 e. The van der Waals surface area contributed by atoms with Crippen LogP contribution in [0.2, 0.25) is 0 Å². The molecule has 2 aromatic carbocycles.